The molecule has 0 spiro atoms. The van der Waals surface area contributed by atoms with Crippen LogP contribution in [-0.4, -0.2) is 121 Å². The molecule has 0 aliphatic heterocycles. The van der Waals surface area contributed by atoms with Gasteiger partial charge in [0.2, 0.25) is 0 Å². The summed E-state index contributed by atoms with van der Waals surface area (Å²) in [6, 6.07) is -4.14. The maximum atomic E-state index is 10.2. The lowest BCUT2D eigenvalue weighted by Crippen LogP contribution is -2.34. The predicted octanol–water partition coefficient (Wildman–Crippen LogP) is -3.80. The number of carboxylic acids is 6. The van der Waals surface area contributed by atoms with Crippen LogP contribution in [0.1, 0.15) is 51.9 Å². The molecule has 45 heavy (non-hydrogen) atoms. The fourth-order valence-electron chi connectivity index (χ4n) is 1.78. The summed E-state index contributed by atoms with van der Waals surface area (Å²) in [6.45, 7) is 2.50. The van der Waals surface area contributed by atoms with Gasteiger partial charge in [-0.1, -0.05) is 6.42 Å². The van der Waals surface area contributed by atoms with E-state index in [1.165, 1.54) is 6.92 Å². The molecule has 0 saturated heterocycles. The van der Waals surface area contributed by atoms with E-state index in [4.69, 9.17) is 76.2 Å². The van der Waals surface area contributed by atoms with Gasteiger partial charge in [0.15, 0.2) is 5.96 Å². The maximum absolute atomic E-state index is 10.2. The van der Waals surface area contributed by atoms with Crippen molar-refractivity contribution in [3.8, 4) is 0 Å². The van der Waals surface area contributed by atoms with Gasteiger partial charge in [0.1, 0.15) is 30.2 Å². The average molecular weight is 678 g/mol. The van der Waals surface area contributed by atoms with E-state index in [0.717, 1.165) is 12.8 Å². The van der Waals surface area contributed by atoms with Gasteiger partial charge in [0.25, 0.3) is 0 Å². The molecular formula is C23H51N9O12S. The van der Waals surface area contributed by atoms with Crippen LogP contribution in [0.4, 0.5) is 0 Å². The molecule has 22 heteroatoms. The molecule has 0 fully saturated rings. The standard InChI is InChI=1S/C6H14N4O2.C6H14N2O2.C5H9NO4.C3H7NO2S.C3H7NO2/c7-4(5(11)12)2-1-3-10-6(8)9;7-4-2-1-3-5(8)6(9)10;6-3(5(9)10)1-2-4(7)8;4-2(1-7)3(5)6;1-2(4)3(5)6/h4H,1-3,7H2,(H,11,12)(H4,8,9,10);5H,1-4,7-8H2,(H,9,10);3H,1-2,6H2,(H,7,8)(H,9,10);2,7H,1,4H2,(H,5,6);2H,4H2,1H3,(H,5,6)/t4-;5-;3-;2*2-/m00000/s1. The van der Waals surface area contributed by atoms with Crippen molar-refractivity contribution >= 4 is 54.4 Å². The van der Waals surface area contributed by atoms with Gasteiger partial charge in [-0.05, 0) is 45.6 Å². The molecule has 21 nitrogen and oxygen atoms in total. The van der Waals surface area contributed by atoms with E-state index < -0.39 is 66.0 Å². The summed E-state index contributed by atoms with van der Waals surface area (Å²) in [4.78, 5) is 59.6. The zero-order valence-electron chi connectivity index (χ0n) is 25.1. The normalized spacial score (nSPS) is 12.8. The summed E-state index contributed by atoms with van der Waals surface area (Å²) >= 11 is 3.65. The second kappa shape index (κ2) is 33.1. The highest BCUT2D eigenvalue weighted by Gasteiger charge is 2.12. The molecule has 0 aromatic heterocycles. The quantitative estimate of drug-likeness (QED) is 0.0303. The van der Waals surface area contributed by atoms with Crippen molar-refractivity contribution in [2.24, 2.45) is 40.1 Å². The SMILES string of the molecule is C[C@H](N)C(=O)O.N=C(N)NCCC[C@H](N)C(=O)O.NCCCC[C@H](N)C(=O)O.N[C@@H](CCC(=O)O)C(=O)O.N[C@@H](CS)C(=O)O. The Hall–Kier alpha value is -3.80. The smallest absolute Gasteiger partial charge is 0.321 e. The van der Waals surface area contributed by atoms with Crippen molar-refractivity contribution in [1.82, 2.24) is 5.32 Å². The molecule has 5 atom stereocenters. The van der Waals surface area contributed by atoms with E-state index in [-0.39, 0.29) is 24.6 Å². The summed E-state index contributed by atoms with van der Waals surface area (Å²) in [5.74, 6) is -6.02. The van der Waals surface area contributed by atoms with E-state index >= 15 is 0 Å². The molecule has 0 saturated carbocycles. The topological polar surface area (TPSA) is 442 Å². The van der Waals surface area contributed by atoms with Gasteiger partial charge in [-0.3, -0.25) is 34.2 Å². The number of hydrogen-bond donors (Lipinski definition) is 16. The van der Waals surface area contributed by atoms with E-state index in [1.807, 2.05) is 0 Å². The van der Waals surface area contributed by atoms with Gasteiger partial charge < -0.3 is 76.1 Å². The lowest BCUT2D eigenvalue weighted by molar-refractivity contribution is -0.141. The van der Waals surface area contributed by atoms with Gasteiger partial charge in [-0.25, -0.2) is 0 Å². The summed E-state index contributed by atoms with van der Waals surface area (Å²) in [7, 11) is 0. The zero-order chi connectivity index (χ0) is 36.7. The lowest BCUT2D eigenvalue weighted by atomic mass is 10.1. The van der Waals surface area contributed by atoms with Crippen molar-refractivity contribution in [2.75, 3.05) is 18.8 Å². The Morgan fingerprint density at radius 3 is 1.27 bits per heavy atom. The minimum Gasteiger partial charge on any atom is -0.481 e. The van der Waals surface area contributed by atoms with Crippen molar-refractivity contribution in [3.63, 3.8) is 0 Å². The number of carboxylic acid groups (broad SMARTS) is 6. The Morgan fingerprint density at radius 2 is 1.02 bits per heavy atom. The minimum atomic E-state index is -1.17. The number of unbranched alkanes of at least 4 members (excludes halogenated alkanes) is 1. The third-order valence-electron chi connectivity index (χ3n) is 4.50. The highest BCUT2D eigenvalue weighted by molar-refractivity contribution is 7.80. The Morgan fingerprint density at radius 1 is 0.667 bits per heavy atom. The molecule has 0 aromatic carbocycles. The van der Waals surface area contributed by atoms with Gasteiger partial charge >= 0.3 is 35.8 Å². The van der Waals surface area contributed by atoms with Gasteiger partial charge in [-0.15, -0.1) is 0 Å². The van der Waals surface area contributed by atoms with Crippen LogP contribution in [0.3, 0.4) is 0 Å². The molecule has 0 aliphatic rings. The summed E-state index contributed by atoms with van der Waals surface area (Å²) < 4.78 is 0. The number of hydrogen-bond acceptors (Lipinski definition) is 14. The molecule has 0 aromatic rings. The third-order valence-corrected chi connectivity index (χ3v) is 4.89. The molecular weight excluding hydrogens is 626 g/mol. The van der Waals surface area contributed by atoms with E-state index in [9.17, 15) is 28.8 Å². The third kappa shape index (κ3) is 47.3. The first-order valence-electron chi connectivity index (χ1n) is 13.1. The first kappa shape index (κ1) is 50.8. The van der Waals surface area contributed by atoms with Crippen molar-refractivity contribution in [1.29, 1.82) is 5.41 Å². The number of nitrogens with two attached hydrogens (primary N) is 7. The number of carbonyl (C=O) groups is 6. The maximum Gasteiger partial charge on any atom is 0.321 e. The molecule has 0 radical (unpaired) electrons. The number of nitrogens with one attached hydrogen (secondary N) is 2. The first-order chi connectivity index (χ1) is 20.6. The van der Waals surface area contributed by atoms with Gasteiger partial charge in [-0.2, -0.15) is 12.6 Å². The number of guanidine groups is 1. The van der Waals surface area contributed by atoms with Crippen LogP contribution < -0.4 is 45.5 Å². The predicted molar refractivity (Wildman–Crippen MR) is 167 cm³/mol. The second-order valence-corrected chi connectivity index (χ2v) is 9.15. The Labute approximate surface area is 265 Å². The second-order valence-electron chi connectivity index (χ2n) is 8.79. The molecule has 0 unspecified atom stereocenters. The van der Waals surface area contributed by atoms with Crippen LogP contribution in [0.5, 0.6) is 0 Å². The zero-order valence-corrected chi connectivity index (χ0v) is 26.0. The Bertz CT molecular complexity index is 869. The Kier molecular flexibility index (Phi) is 37.4. The molecule has 0 heterocycles. The summed E-state index contributed by atoms with van der Waals surface area (Å²) in [6.07, 6.45) is 2.91. The molecule has 0 rings (SSSR count). The molecule has 0 aliphatic carbocycles. The molecule has 266 valence electrons. The monoisotopic (exact) mass is 677 g/mol. The van der Waals surface area contributed by atoms with Crippen molar-refractivity contribution < 1.29 is 59.4 Å². The van der Waals surface area contributed by atoms with E-state index in [1.54, 1.807) is 0 Å². The van der Waals surface area contributed by atoms with Crippen molar-refractivity contribution in [2.45, 2.75) is 82.1 Å². The van der Waals surface area contributed by atoms with Crippen molar-refractivity contribution in [3.05, 3.63) is 0 Å². The molecule has 22 N–H and O–H groups in total. The van der Waals surface area contributed by atoms with Crippen LogP contribution in [0.25, 0.3) is 0 Å². The Balaban J connectivity index is -0.000000151. The number of thiol groups is 1. The van der Waals surface area contributed by atoms with Crippen LogP contribution in [0.2, 0.25) is 0 Å². The largest absolute Gasteiger partial charge is 0.481 e. The number of aliphatic carboxylic acids is 6. The molecule has 0 amide bonds. The van der Waals surface area contributed by atoms with Gasteiger partial charge in [0, 0.05) is 18.7 Å². The van der Waals surface area contributed by atoms with Crippen LogP contribution in [0.15, 0.2) is 0 Å². The van der Waals surface area contributed by atoms with Crippen LogP contribution in [-0.2, 0) is 28.8 Å². The first-order valence-corrected chi connectivity index (χ1v) is 13.7. The fraction of sp³-hybridized carbons (Fsp3) is 0.696. The van der Waals surface area contributed by atoms with Crippen LogP contribution >= 0.6 is 12.6 Å². The average Bonchev–Trinajstić information content (AvgIpc) is 2.94. The minimum absolute atomic E-state index is 0.0231. The lowest BCUT2D eigenvalue weighted by Gasteiger charge is -2.06. The summed E-state index contributed by atoms with van der Waals surface area (Å²) in [5, 5.41) is 58.2. The highest BCUT2D eigenvalue weighted by atomic mass is 32.1. The molecule has 0 bridgehead atoms. The van der Waals surface area contributed by atoms with E-state index in [0.29, 0.717) is 32.4 Å². The van der Waals surface area contributed by atoms with Gasteiger partial charge in [0.05, 0.1) is 0 Å². The number of rotatable bonds is 17. The fourth-order valence-corrected chi connectivity index (χ4v) is 1.94. The van der Waals surface area contributed by atoms with Crippen LogP contribution in [0, 0.1) is 5.41 Å². The summed E-state index contributed by atoms with van der Waals surface area (Å²) in [5.41, 5.74) is 35.4. The van der Waals surface area contributed by atoms with E-state index in [2.05, 4.69) is 17.9 Å². The highest BCUT2D eigenvalue weighted by Crippen LogP contribution is 1.97.